The average Bonchev–Trinajstić information content (AvgIpc) is 2.57. The molecule has 24 heavy (non-hydrogen) atoms. The summed E-state index contributed by atoms with van der Waals surface area (Å²) in [5, 5.41) is 8.94. The molecule has 1 aliphatic heterocycles. The van der Waals surface area contributed by atoms with Crippen LogP contribution in [0.3, 0.4) is 0 Å². The maximum absolute atomic E-state index is 10.9. The molecule has 1 aliphatic rings. The lowest BCUT2D eigenvalue weighted by molar-refractivity contribution is 0.0697. The summed E-state index contributed by atoms with van der Waals surface area (Å²) in [6, 6.07) is 7.15. The van der Waals surface area contributed by atoms with E-state index >= 15 is 0 Å². The van der Waals surface area contributed by atoms with Crippen molar-refractivity contribution < 1.29 is 18.9 Å². The Morgan fingerprint density at radius 2 is 1.58 bits per heavy atom. The highest BCUT2D eigenvalue weighted by Crippen LogP contribution is 2.38. The van der Waals surface area contributed by atoms with E-state index in [1.807, 2.05) is 26.0 Å². The molecule has 1 saturated heterocycles. The average molecular weight is 354 g/mol. The molecular formula is C17H27N2O4P. The first-order valence-corrected chi connectivity index (χ1v) is 9.79. The summed E-state index contributed by atoms with van der Waals surface area (Å²) < 4.78 is 11.4. The number of piperazine rings is 1. The van der Waals surface area contributed by atoms with Gasteiger partial charge in [0.15, 0.2) is 8.38 Å². The summed E-state index contributed by atoms with van der Waals surface area (Å²) >= 11 is 0. The van der Waals surface area contributed by atoms with E-state index in [1.54, 1.807) is 12.1 Å². The second-order valence-electron chi connectivity index (χ2n) is 5.71. The predicted octanol–water partition coefficient (Wildman–Crippen LogP) is 2.84. The van der Waals surface area contributed by atoms with E-state index in [-0.39, 0.29) is 0 Å². The van der Waals surface area contributed by atoms with E-state index in [0.717, 1.165) is 44.6 Å². The first-order valence-electron chi connectivity index (χ1n) is 8.42. The monoisotopic (exact) mass is 354 g/mol. The smallest absolute Gasteiger partial charge is 0.335 e. The zero-order valence-corrected chi connectivity index (χ0v) is 15.4. The highest BCUT2D eigenvalue weighted by molar-refractivity contribution is 7.47. The normalized spacial score (nSPS) is 16.6. The largest absolute Gasteiger partial charge is 0.478 e. The van der Waals surface area contributed by atoms with Crippen molar-refractivity contribution in [3.05, 3.63) is 35.4 Å². The first-order chi connectivity index (χ1) is 11.6. The van der Waals surface area contributed by atoms with E-state index in [4.69, 9.17) is 14.2 Å². The minimum absolute atomic E-state index is 0.337. The fourth-order valence-electron chi connectivity index (χ4n) is 2.67. The summed E-state index contributed by atoms with van der Waals surface area (Å²) in [7, 11) is -0.804. The molecule has 0 bridgehead atoms. The van der Waals surface area contributed by atoms with Gasteiger partial charge in [0.25, 0.3) is 0 Å². The Labute approximate surface area is 145 Å². The molecule has 2 rings (SSSR count). The van der Waals surface area contributed by atoms with Gasteiger partial charge < -0.3 is 14.2 Å². The highest BCUT2D eigenvalue weighted by Gasteiger charge is 2.21. The molecule has 0 saturated carbocycles. The number of carbonyl (C=O) groups is 1. The van der Waals surface area contributed by atoms with Crippen molar-refractivity contribution in [2.45, 2.75) is 20.4 Å². The maximum Gasteiger partial charge on any atom is 0.335 e. The van der Waals surface area contributed by atoms with Gasteiger partial charge in [0, 0.05) is 32.7 Å². The Hall–Kier alpha value is -1.04. The topological polar surface area (TPSA) is 62.2 Å². The van der Waals surface area contributed by atoms with E-state index < -0.39 is 14.3 Å². The molecule has 1 heterocycles. The van der Waals surface area contributed by atoms with Crippen molar-refractivity contribution in [3.8, 4) is 0 Å². The molecule has 1 aromatic rings. The molecule has 0 aliphatic carbocycles. The van der Waals surface area contributed by atoms with Crippen LogP contribution in [0.4, 0.5) is 0 Å². The van der Waals surface area contributed by atoms with Crippen molar-refractivity contribution in [3.63, 3.8) is 0 Å². The molecule has 6 nitrogen and oxygen atoms in total. The van der Waals surface area contributed by atoms with Gasteiger partial charge in [0.1, 0.15) is 0 Å². The van der Waals surface area contributed by atoms with Gasteiger partial charge in [-0.3, -0.25) is 9.80 Å². The van der Waals surface area contributed by atoms with Crippen LogP contribution in [0.2, 0.25) is 0 Å². The van der Waals surface area contributed by atoms with Crippen LogP contribution in [0.1, 0.15) is 29.8 Å². The number of carboxylic acid groups (broad SMARTS) is 1. The van der Waals surface area contributed by atoms with Crippen LogP contribution in [0.15, 0.2) is 24.3 Å². The summed E-state index contributed by atoms with van der Waals surface area (Å²) in [6.45, 7) is 10.3. The fraction of sp³-hybridized carbons (Fsp3) is 0.588. The Kier molecular flexibility index (Phi) is 8.09. The maximum atomic E-state index is 10.9. The third kappa shape index (κ3) is 6.11. The molecule has 0 unspecified atom stereocenters. The van der Waals surface area contributed by atoms with Gasteiger partial charge in [-0.25, -0.2) is 4.79 Å². The number of hydrogen-bond donors (Lipinski definition) is 1. The van der Waals surface area contributed by atoms with Crippen LogP contribution in [0.25, 0.3) is 0 Å². The van der Waals surface area contributed by atoms with Crippen molar-refractivity contribution in [2.24, 2.45) is 0 Å². The summed E-state index contributed by atoms with van der Waals surface area (Å²) in [5.74, 6) is -0.879. The lowest BCUT2D eigenvalue weighted by Crippen LogP contribution is -2.45. The second-order valence-corrected chi connectivity index (χ2v) is 7.17. The SMILES string of the molecule is CCOP(CN1CCN(Cc2ccc(C(=O)O)cc2)CC1)OCC. The minimum atomic E-state index is -0.879. The van der Waals surface area contributed by atoms with Gasteiger partial charge in [-0.2, -0.15) is 0 Å². The van der Waals surface area contributed by atoms with E-state index in [9.17, 15) is 4.79 Å². The molecule has 0 radical (unpaired) electrons. The molecule has 1 N–H and O–H groups in total. The molecule has 1 aromatic carbocycles. The third-order valence-electron chi connectivity index (χ3n) is 3.93. The Morgan fingerprint density at radius 1 is 1.04 bits per heavy atom. The van der Waals surface area contributed by atoms with Crippen LogP contribution in [-0.2, 0) is 15.6 Å². The molecule has 0 aromatic heterocycles. The third-order valence-corrected chi connectivity index (χ3v) is 5.66. The Bertz CT molecular complexity index is 498. The van der Waals surface area contributed by atoms with Gasteiger partial charge in [0.05, 0.1) is 25.1 Å². The summed E-state index contributed by atoms with van der Waals surface area (Å²) in [4.78, 5) is 15.7. The quantitative estimate of drug-likeness (QED) is 0.688. The highest BCUT2D eigenvalue weighted by atomic mass is 31.2. The zero-order chi connectivity index (χ0) is 17.4. The number of hydrogen-bond acceptors (Lipinski definition) is 5. The van der Waals surface area contributed by atoms with Crippen molar-refractivity contribution in [1.82, 2.24) is 9.80 Å². The fourth-order valence-corrected chi connectivity index (χ4v) is 4.09. The lowest BCUT2D eigenvalue weighted by atomic mass is 10.1. The van der Waals surface area contributed by atoms with E-state index in [0.29, 0.717) is 18.8 Å². The first kappa shape index (κ1) is 19.3. The number of aromatic carboxylic acids is 1. The predicted molar refractivity (Wildman–Crippen MR) is 95.3 cm³/mol. The van der Waals surface area contributed by atoms with E-state index in [2.05, 4.69) is 9.80 Å². The van der Waals surface area contributed by atoms with Gasteiger partial charge in [0.2, 0.25) is 0 Å². The van der Waals surface area contributed by atoms with Crippen molar-refractivity contribution in [1.29, 1.82) is 0 Å². The molecule has 0 spiro atoms. The Balaban J connectivity index is 1.76. The molecule has 0 atom stereocenters. The second kappa shape index (κ2) is 10.1. The van der Waals surface area contributed by atoms with Crippen LogP contribution >= 0.6 is 8.38 Å². The number of carboxylic acids is 1. The van der Waals surface area contributed by atoms with Crippen LogP contribution in [0, 0.1) is 0 Å². The number of benzene rings is 1. The summed E-state index contributed by atoms with van der Waals surface area (Å²) in [6.07, 6.45) is 0.873. The van der Waals surface area contributed by atoms with Crippen molar-refractivity contribution in [2.75, 3.05) is 45.7 Å². The number of rotatable bonds is 9. The van der Waals surface area contributed by atoms with Gasteiger partial charge in [-0.15, -0.1) is 0 Å². The molecule has 134 valence electrons. The lowest BCUT2D eigenvalue weighted by Gasteiger charge is -2.35. The van der Waals surface area contributed by atoms with Gasteiger partial charge >= 0.3 is 5.97 Å². The van der Waals surface area contributed by atoms with Crippen LogP contribution in [-0.4, -0.2) is 66.6 Å². The molecule has 1 fully saturated rings. The minimum Gasteiger partial charge on any atom is -0.478 e. The van der Waals surface area contributed by atoms with Crippen molar-refractivity contribution >= 4 is 14.3 Å². The molecular weight excluding hydrogens is 327 g/mol. The summed E-state index contributed by atoms with van der Waals surface area (Å²) in [5.41, 5.74) is 1.49. The molecule has 0 amide bonds. The molecule has 7 heteroatoms. The van der Waals surface area contributed by atoms with Gasteiger partial charge in [-0.05, 0) is 31.5 Å². The van der Waals surface area contributed by atoms with E-state index in [1.165, 1.54) is 0 Å². The van der Waals surface area contributed by atoms with Crippen LogP contribution in [0.5, 0.6) is 0 Å². The number of nitrogens with zero attached hydrogens (tertiary/aromatic N) is 2. The standard InChI is InChI=1S/C17H27N2O4P/c1-3-22-24(23-4-2)14-19-11-9-18(10-12-19)13-15-5-7-16(8-6-15)17(20)21/h5-8H,3-4,9-14H2,1-2H3,(H,20,21). The zero-order valence-electron chi connectivity index (χ0n) is 14.5. The van der Waals surface area contributed by atoms with Gasteiger partial charge in [-0.1, -0.05) is 12.1 Å². The Morgan fingerprint density at radius 3 is 2.08 bits per heavy atom. The van der Waals surface area contributed by atoms with Crippen LogP contribution < -0.4 is 0 Å².